The van der Waals surface area contributed by atoms with Crippen LogP contribution in [0.25, 0.3) is 0 Å². The zero-order valence-corrected chi connectivity index (χ0v) is 28.5. The average molecular weight is 698 g/mol. The van der Waals surface area contributed by atoms with Crippen molar-refractivity contribution in [3.8, 4) is 0 Å². The lowest BCUT2D eigenvalue weighted by atomic mass is 10.1. The fraction of sp³-hybridized carbons (Fsp3) is 0.303. The minimum Gasteiger partial charge on any atom is -0.450 e. The third-order valence-electron chi connectivity index (χ3n) is 6.85. The number of carbonyl (C=O) groups is 3. The van der Waals surface area contributed by atoms with Crippen LogP contribution in [-0.4, -0.2) is 50.3 Å². The van der Waals surface area contributed by atoms with Crippen molar-refractivity contribution in [3.63, 3.8) is 0 Å². The highest BCUT2D eigenvalue weighted by atomic mass is 32.2. The summed E-state index contributed by atoms with van der Waals surface area (Å²) in [6, 6.07) is 22.7. The molecule has 14 heteroatoms. The number of urea groups is 1. The van der Waals surface area contributed by atoms with Crippen LogP contribution in [0.15, 0.2) is 89.6 Å². The van der Waals surface area contributed by atoms with Gasteiger partial charge in [0, 0.05) is 28.5 Å². The van der Waals surface area contributed by atoms with Crippen LogP contribution in [-0.2, 0) is 45.7 Å². The standard InChI is InChI=1S/C33H39N5O6S3/c1-47(42,43)37-27-13-7-12-26(20-27)22-34-32(40)36-30(16-5-6-17-44-33(41)35-21-25-10-3-2-4-11-25)31(39)38(23-28-14-8-18-45-28)24-29-15-9-19-46-29/h2-4,7-15,18-20,30,37H,5-6,16-17,21-24H2,1H3,(H,35,41)(H2,34,36,40)/t30-/m0/s1. The predicted molar refractivity (Wildman–Crippen MR) is 185 cm³/mol. The number of unbranched alkanes of at least 4 members (excludes halogenated alkanes) is 1. The van der Waals surface area contributed by atoms with Gasteiger partial charge in [0.25, 0.3) is 0 Å². The van der Waals surface area contributed by atoms with E-state index in [4.69, 9.17) is 4.74 Å². The maximum absolute atomic E-state index is 14.0. The molecule has 0 unspecified atom stereocenters. The smallest absolute Gasteiger partial charge is 0.407 e. The molecule has 0 saturated heterocycles. The number of alkyl carbamates (subject to hydrolysis) is 1. The van der Waals surface area contributed by atoms with Gasteiger partial charge in [-0.05, 0) is 65.4 Å². The molecule has 250 valence electrons. The summed E-state index contributed by atoms with van der Waals surface area (Å²) < 4.78 is 31.0. The molecule has 0 bridgehead atoms. The normalized spacial score (nSPS) is 11.7. The molecule has 2 heterocycles. The average Bonchev–Trinajstić information content (AvgIpc) is 3.76. The van der Waals surface area contributed by atoms with Gasteiger partial charge in [-0.25, -0.2) is 18.0 Å². The molecule has 4 aromatic rings. The molecule has 0 aliphatic rings. The quantitative estimate of drug-likeness (QED) is 0.105. The first-order valence-electron chi connectivity index (χ1n) is 15.0. The first-order chi connectivity index (χ1) is 22.6. The highest BCUT2D eigenvalue weighted by Gasteiger charge is 2.27. The summed E-state index contributed by atoms with van der Waals surface area (Å²) in [5, 5.41) is 12.3. The minimum atomic E-state index is -3.45. The monoisotopic (exact) mass is 697 g/mol. The fourth-order valence-corrected chi connectivity index (χ4v) is 6.65. The van der Waals surface area contributed by atoms with Crippen LogP contribution in [0.4, 0.5) is 15.3 Å². The van der Waals surface area contributed by atoms with Crippen molar-refractivity contribution in [2.45, 2.75) is 51.5 Å². The number of anilines is 1. The lowest BCUT2D eigenvalue weighted by Gasteiger charge is -2.27. The van der Waals surface area contributed by atoms with Gasteiger partial charge in [0.1, 0.15) is 6.04 Å². The Morgan fingerprint density at radius 3 is 2.11 bits per heavy atom. The largest absolute Gasteiger partial charge is 0.450 e. The van der Waals surface area contributed by atoms with Crippen LogP contribution in [0, 0.1) is 0 Å². The summed E-state index contributed by atoms with van der Waals surface area (Å²) in [5.41, 5.74) is 2.02. The van der Waals surface area contributed by atoms with E-state index in [0.717, 1.165) is 21.6 Å². The maximum atomic E-state index is 14.0. The van der Waals surface area contributed by atoms with Gasteiger partial charge in [0.15, 0.2) is 0 Å². The number of ether oxygens (including phenoxy) is 1. The number of hydrogen-bond acceptors (Lipinski definition) is 8. The molecule has 4 amide bonds. The first-order valence-corrected chi connectivity index (χ1v) is 18.7. The van der Waals surface area contributed by atoms with E-state index >= 15 is 0 Å². The highest BCUT2D eigenvalue weighted by Crippen LogP contribution is 2.19. The van der Waals surface area contributed by atoms with E-state index in [1.807, 2.05) is 65.4 Å². The molecule has 0 spiro atoms. The van der Waals surface area contributed by atoms with Gasteiger partial charge in [-0.15, -0.1) is 22.7 Å². The van der Waals surface area contributed by atoms with Crippen molar-refractivity contribution in [2.24, 2.45) is 0 Å². The molecule has 2 aromatic heterocycles. The Morgan fingerprint density at radius 2 is 1.47 bits per heavy atom. The van der Waals surface area contributed by atoms with E-state index in [1.165, 1.54) is 0 Å². The zero-order chi connectivity index (χ0) is 33.5. The maximum Gasteiger partial charge on any atom is 0.407 e. The summed E-state index contributed by atoms with van der Waals surface area (Å²) in [5.74, 6) is -0.220. The second-order valence-electron chi connectivity index (χ2n) is 10.8. The molecular weight excluding hydrogens is 659 g/mol. The third kappa shape index (κ3) is 13.1. The number of nitrogens with one attached hydrogen (secondary N) is 4. The van der Waals surface area contributed by atoms with Crippen molar-refractivity contribution in [2.75, 3.05) is 17.6 Å². The Labute approximate surface area is 283 Å². The van der Waals surface area contributed by atoms with Crippen molar-refractivity contribution in [1.29, 1.82) is 0 Å². The van der Waals surface area contributed by atoms with Gasteiger partial charge in [0.05, 0.1) is 26.0 Å². The summed E-state index contributed by atoms with van der Waals surface area (Å²) in [6.07, 6.45) is 1.90. The van der Waals surface area contributed by atoms with Crippen LogP contribution < -0.4 is 20.7 Å². The Bertz CT molecular complexity index is 1630. The van der Waals surface area contributed by atoms with Crippen molar-refractivity contribution in [1.82, 2.24) is 20.9 Å². The number of nitrogens with zero attached hydrogens (tertiary/aromatic N) is 1. The fourth-order valence-electron chi connectivity index (χ4n) is 4.66. The van der Waals surface area contributed by atoms with E-state index < -0.39 is 28.2 Å². The Balaban J connectivity index is 1.36. The SMILES string of the molecule is CS(=O)(=O)Nc1cccc(CNC(=O)N[C@@H](CCCCOC(=O)NCc2ccccc2)C(=O)N(Cc2cccs2)Cc2cccs2)c1. The molecule has 4 rings (SSSR count). The van der Waals surface area contributed by atoms with Gasteiger partial charge in [-0.1, -0.05) is 54.6 Å². The van der Waals surface area contributed by atoms with Gasteiger partial charge in [-0.2, -0.15) is 0 Å². The number of hydrogen-bond donors (Lipinski definition) is 4. The van der Waals surface area contributed by atoms with Crippen LogP contribution in [0.5, 0.6) is 0 Å². The van der Waals surface area contributed by atoms with Gasteiger partial charge in [-0.3, -0.25) is 9.52 Å². The minimum absolute atomic E-state index is 0.117. The predicted octanol–water partition coefficient (Wildman–Crippen LogP) is 5.67. The van der Waals surface area contributed by atoms with Gasteiger partial charge in [0.2, 0.25) is 15.9 Å². The van der Waals surface area contributed by atoms with Crippen LogP contribution in [0.2, 0.25) is 0 Å². The van der Waals surface area contributed by atoms with Gasteiger partial charge >= 0.3 is 12.1 Å². The van der Waals surface area contributed by atoms with Crippen LogP contribution >= 0.6 is 22.7 Å². The molecule has 0 fully saturated rings. The zero-order valence-electron chi connectivity index (χ0n) is 26.0. The summed E-state index contributed by atoms with van der Waals surface area (Å²) in [6.45, 7) is 1.45. The number of benzene rings is 2. The molecule has 47 heavy (non-hydrogen) atoms. The molecule has 0 saturated carbocycles. The summed E-state index contributed by atoms with van der Waals surface area (Å²) in [7, 11) is -3.45. The summed E-state index contributed by atoms with van der Waals surface area (Å²) >= 11 is 3.12. The number of amides is 4. The topological polar surface area (TPSA) is 146 Å². The molecule has 0 aliphatic heterocycles. The second kappa shape index (κ2) is 18.1. The van der Waals surface area contributed by atoms with E-state index in [-0.39, 0.29) is 19.1 Å². The Morgan fingerprint density at radius 1 is 0.809 bits per heavy atom. The van der Waals surface area contributed by atoms with E-state index in [0.29, 0.717) is 50.1 Å². The number of rotatable bonds is 17. The lowest BCUT2D eigenvalue weighted by Crippen LogP contribution is -2.50. The molecule has 0 aliphatic carbocycles. The lowest BCUT2D eigenvalue weighted by molar-refractivity contribution is -0.134. The van der Waals surface area contributed by atoms with Crippen molar-refractivity contribution < 1.29 is 27.5 Å². The number of thiophene rings is 2. The van der Waals surface area contributed by atoms with E-state index in [9.17, 15) is 22.8 Å². The Kier molecular flexibility index (Phi) is 13.6. The van der Waals surface area contributed by atoms with E-state index in [2.05, 4.69) is 20.7 Å². The molecule has 2 aromatic carbocycles. The first kappa shape index (κ1) is 35.5. The van der Waals surface area contributed by atoms with Crippen molar-refractivity contribution in [3.05, 3.63) is 111 Å². The highest BCUT2D eigenvalue weighted by molar-refractivity contribution is 7.92. The van der Waals surface area contributed by atoms with Crippen LogP contribution in [0.3, 0.4) is 0 Å². The van der Waals surface area contributed by atoms with Crippen LogP contribution in [0.1, 0.15) is 40.1 Å². The molecule has 0 radical (unpaired) electrons. The van der Waals surface area contributed by atoms with Crippen molar-refractivity contribution >= 4 is 56.4 Å². The summed E-state index contributed by atoms with van der Waals surface area (Å²) in [4.78, 5) is 43.0. The number of carbonyl (C=O) groups excluding carboxylic acids is 3. The molecule has 11 nitrogen and oxygen atoms in total. The molecule has 4 N–H and O–H groups in total. The Hall–Kier alpha value is -4.40. The second-order valence-corrected chi connectivity index (χ2v) is 14.6. The number of sulfonamides is 1. The third-order valence-corrected chi connectivity index (χ3v) is 9.18. The molecular formula is C33H39N5O6S3. The molecule has 1 atom stereocenters. The van der Waals surface area contributed by atoms with Gasteiger partial charge < -0.3 is 25.6 Å². The van der Waals surface area contributed by atoms with E-state index in [1.54, 1.807) is 51.8 Å².